The minimum Gasteiger partial charge on any atom is -0.452 e. The topological polar surface area (TPSA) is 55.4 Å². The first-order chi connectivity index (χ1) is 8.68. The molecular formula is C14H17NO3. The molecule has 4 nitrogen and oxygen atoms in total. The number of rotatable bonds is 3. The largest absolute Gasteiger partial charge is 0.452 e. The Balaban J connectivity index is 1.97. The lowest BCUT2D eigenvalue weighted by molar-refractivity contribution is -0.158. The number of carbonyl (C=O) groups excluding carboxylic acids is 2. The Morgan fingerprint density at radius 2 is 2.11 bits per heavy atom. The van der Waals surface area contributed by atoms with Gasteiger partial charge in [0.05, 0.1) is 5.92 Å². The quantitative estimate of drug-likeness (QED) is 0.826. The Kier molecular flexibility index (Phi) is 3.97. The van der Waals surface area contributed by atoms with E-state index in [9.17, 15) is 9.59 Å². The number of hydrogen-bond acceptors (Lipinski definition) is 3. The second-order valence-electron chi connectivity index (χ2n) is 4.49. The van der Waals surface area contributed by atoms with Gasteiger partial charge in [-0.25, -0.2) is 0 Å². The summed E-state index contributed by atoms with van der Waals surface area (Å²) in [4.78, 5) is 23.5. The van der Waals surface area contributed by atoms with Crippen LogP contribution >= 0.6 is 0 Å². The van der Waals surface area contributed by atoms with E-state index < -0.39 is 6.10 Å². The van der Waals surface area contributed by atoms with Gasteiger partial charge in [0.25, 0.3) is 5.91 Å². The molecule has 96 valence electrons. The molecule has 2 atom stereocenters. The first-order valence-corrected chi connectivity index (χ1v) is 6.21. The summed E-state index contributed by atoms with van der Waals surface area (Å²) >= 11 is 0. The van der Waals surface area contributed by atoms with E-state index in [4.69, 9.17) is 4.74 Å². The number of nitrogens with one attached hydrogen (secondary N) is 1. The highest BCUT2D eigenvalue weighted by molar-refractivity contribution is 5.86. The third kappa shape index (κ3) is 2.88. The van der Waals surface area contributed by atoms with Crippen molar-refractivity contribution in [2.75, 3.05) is 6.54 Å². The van der Waals surface area contributed by atoms with Crippen molar-refractivity contribution in [1.29, 1.82) is 0 Å². The van der Waals surface area contributed by atoms with Crippen LogP contribution in [0.2, 0.25) is 0 Å². The zero-order valence-electron chi connectivity index (χ0n) is 10.4. The summed E-state index contributed by atoms with van der Waals surface area (Å²) in [5.41, 5.74) is 0.902. The summed E-state index contributed by atoms with van der Waals surface area (Å²) < 4.78 is 5.27. The maximum absolute atomic E-state index is 12.0. The molecule has 0 spiro atoms. The zero-order chi connectivity index (χ0) is 13.0. The van der Waals surface area contributed by atoms with Crippen LogP contribution in [0.25, 0.3) is 0 Å². The average Bonchev–Trinajstić information content (AvgIpc) is 2.41. The summed E-state index contributed by atoms with van der Waals surface area (Å²) in [6.07, 6.45) is 0.833. The van der Waals surface area contributed by atoms with Gasteiger partial charge >= 0.3 is 5.97 Å². The Morgan fingerprint density at radius 3 is 2.78 bits per heavy atom. The van der Waals surface area contributed by atoms with E-state index in [0.717, 1.165) is 12.0 Å². The van der Waals surface area contributed by atoms with Crippen molar-refractivity contribution in [3.8, 4) is 0 Å². The molecule has 1 aromatic carbocycles. The highest BCUT2D eigenvalue weighted by Gasteiger charge is 2.28. The molecule has 1 N–H and O–H groups in total. The van der Waals surface area contributed by atoms with Crippen LogP contribution in [-0.2, 0) is 14.3 Å². The highest BCUT2D eigenvalue weighted by Crippen LogP contribution is 2.18. The second kappa shape index (κ2) is 5.67. The third-order valence-electron chi connectivity index (χ3n) is 3.15. The number of esters is 1. The van der Waals surface area contributed by atoms with Crippen molar-refractivity contribution in [3.05, 3.63) is 35.9 Å². The standard InChI is InChI=1S/C14H17NO3/c1-10(11-6-3-2-4-7-11)14(17)18-12-8-5-9-15-13(12)16/h2-4,6-7,10,12H,5,8-9H2,1H3,(H,15,16)/t10-,12-/m0/s1. The molecule has 1 saturated heterocycles. The fourth-order valence-electron chi connectivity index (χ4n) is 1.98. The second-order valence-corrected chi connectivity index (χ2v) is 4.49. The average molecular weight is 247 g/mol. The molecule has 0 bridgehead atoms. The lowest BCUT2D eigenvalue weighted by atomic mass is 10.0. The Labute approximate surface area is 106 Å². The van der Waals surface area contributed by atoms with Crippen LogP contribution in [0.15, 0.2) is 30.3 Å². The van der Waals surface area contributed by atoms with Gasteiger partial charge in [0.15, 0.2) is 6.10 Å². The van der Waals surface area contributed by atoms with E-state index in [1.807, 2.05) is 30.3 Å². The number of ether oxygens (including phenoxy) is 1. The summed E-state index contributed by atoms with van der Waals surface area (Å²) in [6.45, 7) is 2.46. The predicted octanol–water partition coefficient (Wildman–Crippen LogP) is 1.61. The van der Waals surface area contributed by atoms with Crippen molar-refractivity contribution in [2.45, 2.75) is 31.8 Å². The molecule has 1 amide bonds. The van der Waals surface area contributed by atoms with Crippen molar-refractivity contribution < 1.29 is 14.3 Å². The van der Waals surface area contributed by atoms with Crippen LogP contribution in [0.1, 0.15) is 31.2 Å². The van der Waals surface area contributed by atoms with E-state index in [1.165, 1.54) is 0 Å². The molecule has 1 aliphatic heterocycles. The summed E-state index contributed by atoms with van der Waals surface area (Å²) in [6, 6.07) is 9.43. The fraction of sp³-hybridized carbons (Fsp3) is 0.429. The Bertz CT molecular complexity index is 430. The number of piperidine rings is 1. The zero-order valence-corrected chi connectivity index (χ0v) is 10.4. The van der Waals surface area contributed by atoms with Crippen LogP contribution in [0.4, 0.5) is 0 Å². The van der Waals surface area contributed by atoms with E-state index in [2.05, 4.69) is 5.32 Å². The SMILES string of the molecule is C[C@H](C(=O)O[C@H]1CCCNC1=O)c1ccccc1. The molecule has 0 unspecified atom stereocenters. The first kappa shape index (κ1) is 12.6. The highest BCUT2D eigenvalue weighted by atomic mass is 16.5. The maximum atomic E-state index is 12.0. The lowest BCUT2D eigenvalue weighted by Gasteiger charge is -2.23. The molecular weight excluding hydrogens is 230 g/mol. The predicted molar refractivity (Wildman–Crippen MR) is 67.0 cm³/mol. The van der Waals surface area contributed by atoms with Gasteiger partial charge in [-0.05, 0) is 25.3 Å². The summed E-state index contributed by atoms with van der Waals surface area (Å²) in [5, 5.41) is 2.70. The Hall–Kier alpha value is -1.84. The lowest BCUT2D eigenvalue weighted by Crippen LogP contribution is -2.43. The van der Waals surface area contributed by atoms with Gasteiger partial charge in [-0.3, -0.25) is 9.59 Å². The van der Waals surface area contributed by atoms with Crippen LogP contribution < -0.4 is 5.32 Å². The summed E-state index contributed by atoms with van der Waals surface area (Å²) in [7, 11) is 0. The van der Waals surface area contributed by atoms with E-state index in [-0.39, 0.29) is 17.8 Å². The van der Waals surface area contributed by atoms with Gasteiger partial charge in [-0.2, -0.15) is 0 Å². The minimum atomic E-state index is -0.627. The molecule has 0 radical (unpaired) electrons. The molecule has 0 aromatic heterocycles. The van der Waals surface area contributed by atoms with Crippen LogP contribution in [0.3, 0.4) is 0 Å². The van der Waals surface area contributed by atoms with Gasteiger partial charge in [-0.1, -0.05) is 30.3 Å². The van der Waals surface area contributed by atoms with E-state index in [0.29, 0.717) is 13.0 Å². The number of carbonyl (C=O) groups is 2. The normalized spacial score (nSPS) is 20.9. The smallest absolute Gasteiger partial charge is 0.313 e. The Morgan fingerprint density at radius 1 is 1.39 bits per heavy atom. The van der Waals surface area contributed by atoms with Crippen LogP contribution in [0.5, 0.6) is 0 Å². The molecule has 1 heterocycles. The van der Waals surface area contributed by atoms with E-state index in [1.54, 1.807) is 6.92 Å². The fourth-order valence-corrected chi connectivity index (χ4v) is 1.98. The number of amides is 1. The monoisotopic (exact) mass is 247 g/mol. The molecule has 2 rings (SSSR count). The van der Waals surface area contributed by atoms with Crippen LogP contribution in [0, 0.1) is 0 Å². The van der Waals surface area contributed by atoms with Gasteiger partial charge in [0.1, 0.15) is 0 Å². The van der Waals surface area contributed by atoms with Crippen molar-refractivity contribution in [1.82, 2.24) is 5.32 Å². The molecule has 1 aliphatic rings. The van der Waals surface area contributed by atoms with E-state index >= 15 is 0 Å². The summed E-state index contributed by atoms with van der Waals surface area (Å²) in [5.74, 6) is -0.876. The number of benzene rings is 1. The van der Waals surface area contributed by atoms with Crippen molar-refractivity contribution in [2.24, 2.45) is 0 Å². The van der Waals surface area contributed by atoms with Gasteiger partial charge < -0.3 is 10.1 Å². The number of hydrogen-bond donors (Lipinski definition) is 1. The maximum Gasteiger partial charge on any atom is 0.313 e. The molecule has 0 saturated carbocycles. The molecule has 1 aromatic rings. The molecule has 0 aliphatic carbocycles. The molecule has 1 fully saturated rings. The van der Waals surface area contributed by atoms with Gasteiger partial charge in [0.2, 0.25) is 0 Å². The van der Waals surface area contributed by atoms with Gasteiger partial charge in [0, 0.05) is 6.54 Å². The minimum absolute atomic E-state index is 0.185. The van der Waals surface area contributed by atoms with Crippen molar-refractivity contribution >= 4 is 11.9 Å². The first-order valence-electron chi connectivity index (χ1n) is 6.21. The third-order valence-corrected chi connectivity index (χ3v) is 3.15. The molecule has 18 heavy (non-hydrogen) atoms. The van der Waals surface area contributed by atoms with Crippen molar-refractivity contribution in [3.63, 3.8) is 0 Å². The van der Waals surface area contributed by atoms with Gasteiger partial charge in [-0.15, -0.1) is 0 Å². The molecule has 4 heteroatoms. The van der Waals surface area contributed by atoms with Crippen LogP contribution in [-0.4, -0.2) is 24.5 Å².